The van der Waals surface area contributed by atoms with Crippen LogP contribution in [-0.2, 0) is 6.42 Å². The molecule has 0 aliphatic heterocycles. The first-order valence-electron chi connectivity index (χ1n) is 3.30. The van der Waals surface area contributed by atoms with E-state index < -0.39 is 0 Å². The first kappa shape index (κ1) is 8.81. The first-order chi connectivity index (χ1) is 5.77. The van der Waals surface area contributed by atoms with Gasteiger partial charge in [-0.05, 0) is 6.26 Å². The Bertz CT molecular complexity index is 318. The van der Waals surface area contributed by atoms with E-state index >= 15 is 0 Å². The van der Waals surface area contributed by atoms with Crippen LogP contribution in [0.2, 0.25) is 0 Å². The molecule has 4 nitrogen and oxygen atoms in total. The van der Waals surface area contributed by atoms with E-state index in [9.17, 15) is 0 Å². The molecule has 2 N–H and O–H groups in total. The third kappa shape index (κ3) is 1.86. The molecule has 0 spiro atoms. The molecule has 0 saturated heterocycles. The van der Waals surface area contributed by atoms with Gasteiger partial charge in [-0.1, -0.05) is 11.8 Å². The van der Waals surface area contributed by atoms with Crippen LogP contribution in [0.4, 0.5) is 5.82 Å². The molecule has 1 aromatic rings. The maximum absolute atomic E-state index is 8.40. The van der Waals surface area contributed by atoms with Gasteiger partial charge in [0, 0.05) is 11.8 Å². The number of nitrogen functional groups attached to an aromatic ring is 1. The molecular weight excluding hydrogens is 172 g/mol. The lowest BCUT2D eigenvalue weighted by Crippen LogP contribution is -1.99. The van der Waals surface area contributed by atoms with Crippen molar-refractivity contribution in [1.82, 2.24) is 9.97 Å². The van der Waals surface area contributed by atoms with Gasteiger partial charge in [0.05, 0.1) is 12.5 Å². The van der Waals surface area contributed by atoms with Gasteiger partial charge in [-0.2, -0.15) is 5.26 Å². The molecule has 1 aromatic heterocycles. The minimum atomic E-state index is 0.264. The van der Waals surface area contributed by atoms with Gasteiger partial charge in [0.2, 0.25) is 0 Å². The summed E-state index contributed by atoms with van der Waals surface area (Å²) in [7, 11) is 0. The number of nitriles is 1. The number of hydrogen-bond acceptors (Lipinski definition) is 5. The molecule has 0 unspecified atom stereocenters. The molecule has 0 saturated carbocycles. The number of hydrogen-bond donors (Lipinski definition) is 1. The molecule has 0 aliphatic rings. The second-order valence-electron chi connectivity index (χ2n) is 2.10. The Morgan fingerprint density at radius 2 is 2.50 bits per heavy atom. The molecule has 0 aromatic carbocycles. The average Bonchev–Trinajstić information content (AvgIpc) is 2.09. The van der Waals surface area contributed by atoms with Crippen molar-refractivity contribution in [3.05, 3.63) is 11.8 Å². The Labute approximate surface area is 74.8 Å². The summed E-state index contributed by atoms with van der Waals surface area (Å²) in [6.07, 6.45) is 3.73. The van der Waals surface area contributed by atoms with Crippen LogP contribution >= 0.6 is 11.8 Å². The van der Waals surface area contributed by atoms with E-state index in [-0.39, 0.29) is 6.42 Å². The number of nitrogens with zero attached hydrogens (tertiary/aromatic N) is 3. The summed E-state index contributed by atoms with van der Waals surface area (Å²) < 4.78 is 0. The summed E-state index contributed by atoms with van der Waals surface area (Å²) in [6, 6.07) is 2.00. The van der Waals surface area contributed by atoms with Crippen molar-refractivity contribution in [2.24, 2.45) is 0 Å². The Morgan fingerprint density at radius 1 is 1.75 bits per heavy atom. The van der Waals surface area contributed by atoms with Crippen LogP contribution in [0.15, 0.2) is 11.4 Å². The van der Waals surface area contributed by atoms with Gasteiger partial charge in [-0.3, -0.25) is 0 Å². The van der Waals surface area contributed by atoms with Gasteiger partial charge in [0.15, 0.2) is 5.16 Å². The van der Waals surface area contributed by atoms with Crippen molar-refractivity contribution in [2.75, 3.05) is 12.0 Å². The molecule has 0 bridgehead atoms. The fourth-order valence-electron chi connectivity index (χ4n) is 0.723. The molecule has 12 heavy (non-hydrogen) atoms. The van der Waals surface area contributed by atoms with E-state index in [1.165, 1.54) is 11.8 Å². The molecule has 0 atom stereocenters. The topological polar surface area (TPSA) is 75.6 Å². The Morgan fingerprint density at radius 3 is 3.00 bits per heavy atom. The second-order valence-corrected chi connectivity index (χ2v) is 2.88. The maximum atomic E-state index is 8.40. The first-order valence-corrected chi connectivity index (χ1v) is 4.52. The molecule has 62 valence electrons. The van der Waals surface area contributed by atoms with Gasteiger partial charge >= 0.3 is 0 Å². The van der Waals surface area contributed by atoms with Gasteiger partial charge < -0.3 is 5.73 Å². The van der Waals surface area contributed by atoms with E-state index in [0.29, 0.717) is 16.5 Å². The highest BCUT2D eigenvalue weighted by atomic mass is 32.2. The number of thioether (sulfide) groups is 1. The SMILES string of the molecule is CSc1ncc(CC#N)c(N)n1. The smallest absolute Gasteiger partial charge is 0.189 e. The number of nitrogens with two attached hydrogens (primary N) is 1. The quantitative estimate of drug-likeness (QED) is 0.539. The highest BCUT2D eigenvalue weighted by Gasteiger charge is 2.01. The Kier molecular flexibility index (Phi) is 2.88. The maximum Gasteiger partial charge on any atom is 0.189 e. The molecule has 0 aliphatic carbocycles. The van der Waals surface area contributed by atoms with E-state index in [1.54, 1.807) is 6.20 Å². The van der Waals surface area contributed by atoms with Gasteiger partial charge in [0.1, 0.15) is 5.82 Å². The molecule has 1 rings (SSSR count). The summed E-state index contributed by atoms with van der Waals surface area (Å²) >= 11 is 1.42. The highest BCUT2D eigenvalue weighted by molar-refractivity contribution is 7.98. The van der Waals surface area contributed by atoms with Crippen molar-refractivity contribution >= 4 is 17.6 Å². The molecule has 1 heterocycles. The summed E-state index contributed by atoms with van der Waals surface area (Å²) in [6.45, 7) is 0. The monoisotopic (exact) mass is 180 g/mol. The highest BCUT2D eigenvalue weighted by Crippen LogP contribution is 2.13. The fourth-order valence-corrected chi connectivity index (χ4v) is 1.07. The fraction of sp³-hybridized carbons (Fsp3) is 0.286. The lowest BCUT2D eigenvalue weighted by molar-refractivity contribution is 0.953. The zero-order chi connectivity index (χ0) is 8.97. The number of aromatic nitrogens is 2. The summed E-state index contributed by atoms with van der Waals surface area (Å²) in [5, 5.41) is 9.04. The van der Waals surface area contributed by atoms with Crippen molar-refractivity contribution in [3.8, 4) is 6.07 Å². The lowest BCUT2D eigenvalue weighted by atomic mass is 10.2. The Balaban J connectivity index is 2.97. The predicted octanol–water partition coefficient (Wildman–Crippen LogP) is 0.847. The molecular formula is C7H8N4S. The number of rotatable bonds is 2. The van der Waals surface area contributed by atoms with Crippen molar-refractivity contribution in [1.29, 1.82) is 5.26 Å². The minimum absolute atomic E-state index is 0.264. The largest absolute Gasteiger partial charge is 0.383 e. The second kappa shape index (κ2) is 3.93. The van der Waals surface area contributed by atoms with Crippen molar-refractivity contribution in [2.45, 2.75) is 11.6 Å². The van der Waals surface area contributed by atoms with E-state index in [2.05, 4.69) is 9.97 Å². The van der Waals surface area contributed by atoms with Gasteiger partial charge in [-0.15, -0.1) is 0 Å². The van der Waals surface area contributed by atoms with Crippen LogP contribution in [0.5, 0.6) is 0 Å². The van der Waals surface area contributed by atoms with E-state index in [4.69, 9.17) is 11.0 Å². The standard InChI is InChI=1S/C7H8N4S/c1-12-7-10-4-5(2-3-8)6(9)11-7/h4H,2H2,1H3,(H2,9,10,11). The third-order valence-corrected chi connectivity index (χ3v) is 1.89. The zero-order valence-electron chi connectivity index (χ0n) is 6.61. The van der Waals surface area contributed by atoms with Crippen LogP contribution in [-0.4, -0.2) is 16.2 Å². The minimum Gasteiger partial charge on any atom is -0.383 e. The van der Waals surface area contributed by atoms with Crippen LogP contribution in [0.25, 0.3) is 0 Å². The predicted molar refractivity (Wildman–Crippen MR) is 47.5 cm³/mol. The van der Waals surface area contributed by atoms with Gasteiger partial charge in [-0.25, -0.2) is 9.97 Å². The third-order valence-electron chi connectivity index (χ3n) is 1.33. The van der Waals surface area contributed by atoms with Crippen LogP contribution < -0.4 is 5.73 Å². The van der Waals surface area contributed by atoms with Gasteiger partial charge in [0.25, 0.3) is 0 Å². The summed E-state index contributed by atoms with van der Waals surface area (Å²) in [4.78, 5) is 7.99. The zero-order valence-corrected chi connectivity index (χ0v) is 7.43. The molecule has 5 heteroatoms. The normalized spacial score (nSPS) is 9.33. The van der Waals surface area contributed by atoms with Crippen LogP contribution in [0, 0.1) is 11.3 Å². The summed E-state index contributed by atoms with van der Waals surface area (Å²) in [5.74, 6) is 0.399. The average molecular weight is 180 g/mol. The van der Waals surface area contributed by atoms with E-state index in [1.807, 2.05) is 12.3 Å². The van der Waals surface area contributed by atoms with Crippen molar-refractivity contribution < 1.29 is 0 Å². The summed E-state index contributed by atoms with van der Waals surface area (Å²) in [5.41, 5.74) is 6.26. The van der Waals surface area contributed by atoms with Crippen LogP contribution in [0.1, 0.15) is 5.56 Å². The molecule has 0 fully saturated rings. The number of anilines is 1. The van der Waals surface area contributed by atoms with Crippen LogP contribution in [0.3, 0.4) is 0 Å². The van der Waals surface area contributed by atoms with E-state index in [0.717, 1.165) is 0 Å². The lowest BCUT2D eigenvalue weighted by Gasteiger charge is -2.00. The molecule has 0 amide bonds. The Hall–Kier alpha value is -1.28. The molecule has 0 radical (unpaired) electrons. The van der Waals surface area contributed by atoms with Crippen molar-refractivity contribution in [3.63, 3.8) is 0 Å².